The molecule has 1 N–H and O–H groups in total. The molecule has 0 aromatic carbocycles. The minimum atomic E-state index is -0.314. The maximum atomic E-state index is 12.2. The van der Waals surface area contributed by atoms with Gasteiger partial charge in [-0.25, -0.2) is 0 Å². The minimum absolute atomic E-state index is 0.00429. The molecule has 2 amide bonds. The quantitative estimate of drug-likeness (QED) is 0.696. The topological polar surface area (TPSA) is 49.4 Å². The van der Waals surface area contributed by atoms with Crippen LogP contribution in [-0.2, 0) is 9.59 Å². The van der Waals surface area contributed by atoms with Gasteiger partial charge in [0.25, 0.3) is 0 Å². The Hall–Kier alpha value is -1.06. The van der Waals surface area contributed by atoms with E-state index in [0.717, 1.165) is 18.9 Å². The van der Waals surface area contributed by atoms with Crippen LogP contribution in [0, 0.1) is 5.92 Å². The van der Waals surface area contributed by atoms with Gasteiger partial charge in [0.2, 0.25) is 11.8 Å². The van der Waals surface area contributed by atoms with Gasteiger partial charge < -0.3 is 10.2 Å². The third kappa shape index (κ3) is 5.93. The molecule has 0 bridgehead atoms. The molecule has 1 atom stereocenters. The summed E-state index contributed by atoms with van der Waals surface area (Å²) in [6.45, 7) is 7.83. The summed E-state index contributed by atoms with van der Waals surface area (Å²) >= 11 is 0. The van der Waals surface area contributed by atoms with Crippen LogP contribution in [0.2, 0.25) is 0 Å². The zero-order valence-corrected chi connectivity index (χ0v) is 13.3. The third-order valence-electron chi connectivity index (χ3n) is 3.92. The van der Waals surface area contributed by atoms with Gasteiger partial charge in [-0.3, -0.25) is 9.59 Å². The smallest absolute Gasteiger partial charge is 0.245 e. The molecule has 0 aromatic rings. The van der Waals surface area contributed by atoms with Gasteiger partial charge >= 0.3 is 0 Å². The van der Waals surface area contributed by atoms with Crippen LogP contribution in [0.3, 0.4) is 0 Å². The molecule has 0 spiro atoms. The first-order chi connectivity index (χ1) is 9.54. The number of hydrogen-bond donors (Lipinski definition) is 1. The zero-order valence-electron chi connectivity index (χ0n) is 13.3. The van der Waals surface area contributed by atoms with Gasteiger partial charge in [0, 0.05) is 19.5 Å². The fourth-order valence-electron chi connectivity index (χ4n) is 2.60. The van der Waals surface area contributed by atoms with Crippen molar-refractivity contribution < 1.29 is 9.59 Å². The van der Waals surface area contributed by atoms with E-state index in [0.29, 0.717) is 19.4 Å². The molecule has 116 valence electrons. The second kappa shape index (κ2) is 8.98. The van der Waals surface area contributed by atoms with Crippen molar-refractivity contribution in [1.29, 1.82) is 0 Å². The second-order valence-corrected chi connectivity index (χ2v) is 6.20. The fourth-order valence-corrected chi connectivity index (χ4v) is 2.60. The lowest BCUT2D eigenvalue weighted by molar-refractivity contribution is -0.133. The molecule has 1 aliphatic heterocycles. The van der Waals surface area contributed by atoms with Gasteiger partial charge in [0.1, 0.15) is 6.04 Å². The summed E-state index contributed by atoms with van der Waals surface area (Å²) in [4.78, 5) is 25.6. The van der Waals surface area contributed by atoms with Crippen LogP contribution in [0.1, 0.15) is 65.7 Å². The molecule has 1 saturated heterocycles. The highest BCUT2D eigenvalue weighted by atomic mass is 16.2. The van der Waals surface area contributed by atoms with Gasteiger partial charge in [-0.05, 0) is 18.8 Å². The number of nitrogens with one attached hydrogen (secondary N) is 1. The number of rotatable bonds is 8. The minimum Gasteiger partial charge on any atom is -0.344 e. The average Bonchev–Trinajstić information content (AvgIpc) is 2.54. The predicted octanol–water partition coefficient (Wildman–Crippen LogP) is 2.72. The summed E-state index contributed by atoms with van der Waals surface area (Å²) in [5.41, 5.74) is 0. The first kappa shape index (κ1) is 17.0. The van der Waals surface area contributed by atoms with Crippen LogP contribution in [0.5, 0.6) is 0 Å². The average molecular weight is 282 g/mol. The van der Waals surface area contributed by atoms with Crippen molar-refractivity contribution in [2.45, 2.75) is 71.8 Å². The van der Waals surface area contributed by atoms with Crippen molar-refractivity contribution in [1.82, 2.24) is 10.2 Å². The normalized spacial score (nSPS) is 20.2. The zero-order chi connectivity index (χ0) is 15.0. The molecule has 4 heteroatoms. The highest BCUT2D eigenvalue weighted by Crippen LogP contribution is 2.12. The first-order valence-electron chi connectivity index (χ1n) is 8.12. The SMILES string of the molecule is CCC1NC(=O)CCN(CCCCCCC(C)C)C1=O. The molecule has 1 heterocycles. The lowest BCUT2D eigenvalue weighted by Crippen LogP contribution is -2.44. The molecule has 1 rings (SSSR count). The van der Waals surface area contributed by atoms with E-state index < -0.39 is 0 Å². The summed E-state index contributed by atoms with van der Waals surface area (Å²) < 4.78 is 0. The van der Waals surface area contributed by atoms with Gasteiger partial charge in [0.15, 0.2) is 0 Å². The Morgan fingerprint density at radius 3 is 2.55 bits per heavy atom. The number of hydrogen-bond acceptors (Lipinski definition) is 2. The summed E-state index contributed by atoms with van der Waals surface area (Å²) in [6.07, 6.45) is 7.16. The molecule has 0 saturated carbocycles. The van der Waals surface area contributed by atoms with Crippen LogP contribution in [-0.4, -0.2) is 35.8 Å². The van der Waals surface area contributed by atoms with E-state index in [-0.39, 0.29) is 17.9 Å². The van der Waals surface area contributed by atoms with Crippen LogP contribution in [0.4, 0.5) is 0 Å². The highest BCUT2D eigenvalue weighted by Gasteiger charge is 2.27. The molecule has 4 nitrogen and oxygen atoms in total. The summed E-state index contributed by atoms with van der Waals surface area (Å²) in [6, 6.07) is -0.314. The molecular formula is C16H30N2O2. The Morgan fingerprint density at radius 2 is 1.90 bits per heavy atom. The van der Waals surface area contributed by atoms with E-state index in [1.165, 1.54) is 25.7 Å². The fraction of sp³-hybridized carbons (Fsp3) is 0.875. The Bertz CT molecular complexity index is 316. The van der Waals surface area contributed by atoms with E-state index >= 15 is 0 Å². The Morgan fingerprint density at radius 1 is 1.20 bits per heavy atom. The van der Waals surface area contributed by atoms with E-state index in [9.17, 15) is 9.59 Å². The van der Waals surface area contributed by atoms with Gasteiger partial charge in [-0.2, -0.15) is 0 Å². The van der Waals surface area contributed by atoms with Crippen molar-refractivity contribution in [3.63, 3.8) is 0 Å². The van der Waals surface area contributed by atoms with Crippen molar-refractivity contribution in [3.05, 3.63) is 0 Å². The molecule has 0 aromatic heterocycles. The highest BCUT2D eigenvalue weighted by molar-refractivity contribution is 5.89. The van der Waals surface area contributed by atoms with Crippen molar-refractivity contribution >= 4 is 11.8 Å². The van der Waals surface area contributed by atoms with Crippen LogP contribution < -0.4 is 5.32 Å². The molecule has 0 radical (unpaired) electrons. The van der Waals surface area contributed by atoms with Crippen LogP contribution in [0.15, 0.2) is 0 Å². The standard InChI is InChI=1S/C16H30N2O2/c1-4-14-16(20)18(12-10-15(19)17-14)11-8-6-5-7-9-13(2)3/h13-14H,4-12H2,1-3H3,(H,17,19). The van der Waals surface area contributed by atoms with Crippen LogP contribution in [0.25, 0.3) is 0 Å². The molecule has 1 aliphatic rings. The van der Waals surface area contributed by atoms with Crippen molar-refractivity contribution in [2.24, 2.45) is 5.92 Å². The van der Waals surface area contributed by atoms with E-state index in [4.69, 9.17) is 0 Å². The lowest BCUT2D eigenvalue weighted by Gasteiger charge is -2.23. The van der Waals surface area contributed by atoms with Crippen LogP contribution >= 0.6 is 0 Å². The number of carbonyl (C=O) groups is 2. The maximum absolute atomic E-state index is 12.2. The van der Waals surface area contributed by atoms with Gasteiger partial charge in [-0.1, -0.05) is 46.5 Å². The molecule has 20 heavy (non-hydrogen) atoms. The second-order valence-electron chi connectivity index (χ2n) is 6.20. The molecular weight excluding hydrogens is 252 g/mol. The molecule has 0 aliphatic carbocycles. The Balaban J connectivity index is 2.27. The summed E-state index contributed by atoms with van der Waals surface area (Å²) in [7, 11) is 0. The first-order valence-corrected chi connectivity index (χ1v) is 8.12. The monoisotopic (exact) mass is 282 g/mol. The lowest BCUT2D eigenvalue weighted by atomic mass is 10.0. The number of amides is 2. The van der Waals surface area contributed by atoms with Gasteiger partial charge in [0.05, 0.1) is 0 Å². The molecule has 1 fully saturated rings. The van der Waals surface area contributed by atoms with Crippen molar-refractivity contribution in [3.8, 4) is 0 Å². The number of unbranched alkanes of at least 4 members (excludes halogenated alkanes) is 3. The van der Waals surface area contributed by atoms with E-state index in [2.05, 4.69) is 19.2 Å². The largest absolute Gasteiger partial charge is 0.344 e. The predicted molar refractivity (Wildman–Crippen MR) is 81.3 cm³/mol. The van der Waals surface area contributed by atoms with E-state index in [1.807, 2.05) is 11.8 Å². The molecule has 1 unspecified atom stereocenters. The summed E-state index contributed by atoms with van der Waals surface area (Å²) in [5, 5.41) is 2.80. The van der Waals surface area contributed by atoms with Crippen molar-refractivity contribution in [2.75, 3.05) is 13.1 Å². The Labute approximate surface area is 123 Å². The number of nitrogens with zero attached hydrogens (tertiary/aromatic N) is 1. The van der Waals surface area contributed by atoms with E-state index in [1.54, 1.807) is 0 Å². The maximum Gasteiger partial charge on any atom is 0.245 e. The number of carbonyl (C=O) groups excluding carboxylic acids is 2. The third-order valence-corrected chi connectivity index (χ3v) is 3.92. The summed E-state index contributed by atoms with van der Waals surface area (Å²) in [5.74, 6) is 0.884. The van der Waals surface area contributed by atoms with Gasteiger partial charge in [-0.15, -0.1) is 0 Å². The Kier molecular flexibility index (Phi) is 7.63.